The van der Waals surface area contributed by atoms with Crippen LogP contribution in [0.3, 0.4) is 0 Å². The Kier molecular flexibility index (Phi) is 5.31. The van der Waals surface area contributed by atoms with Gasteiger partial charge in [0.15, 0.2) is 0 Å². The molecule has 0 saturated carbocycles. The van der Waals surface area contributed by atoms with Crippen molar-refractivity contribution in [3.8, 4) is 16.9 Å². The number of nitrogens with zero attached hydrogens (tertiary/aromatic N) is 1. The Morgan fingerprint density at radius 1 is 1.13 bits per heavy atom. The van der Waals surface area contributed by atoms with Gasteiger partial charge in [-0.25, -0.2) is 0 Å². The molecule has 1 aliphatic heterocycles. The SMILES string of the molecule is CC1CNCCN1CCCc1cccc(-c2ccccc2)c1O. The fraction of sp³-hybridized carbons (Fsp3) is 0.400. The van der Waals surface area contributed by atoms with Crippen molar-refractivity contribution in [2.75, 3.05) is 26.2 Å². The lowest BCUT2D eigenvalue weighted by Gasteiger charge is -2.33. The second kappa shape index (κ2) is 7.62. The molecule has 23 heavy (non-hydrogen) atoms. The molecule has 0 aliphatic carbocycles. The number of rotatable bonds is 5. The van der Waals surface area contributed by atoms with Crippen LogP contribution in [0.5, 0.6) is 5.75 Å². The molecular formula is C20H26N2O. The van der Waals surface area contributed by atoms with Gasteiger partial charge in [-0.3, -0.25) is 4.90 Å². The van der Waals surface area contributed by atoms with Gasteiger partial charge in [-0.1, -0.05) is 48.5 Å². The quantitative estimate of drug-likeness (QED) is 0.889. The van der Waals surface area contributed by atoms with E-state index in [1.165, 1.54) is 0 Å². The van der Waals surface area contributed by atoms with Crippen LogP contribution in [0.1, 0.15) is 18.9 Å². The van der Waals surface area contributed by atoms with Gasteiger partial charge in [-0.15, -0.1) is 0 Å². The zero-order chi connectivity index (χ0) is 16.1. The minimum atomic E-state index is 0.437. The molecule has 1 unspecified atom stereocenters. The van der Waals surface area contributed by atoms with Crippen LogP contribution in [-0.2, 0) is 6.42 Å². The molecular weight excluding hydrogens is 284 g/mol. The van der Waals surface area contributed by atoms with Crippen molar-refractivity contribution in [1.29, 1.82) is 0 Å². The maximum Gasteiger partial charge on any atom is 0.126 e. The molecule has 1 heterocycles. The zero-order valence-electron chi connectivity index (χ0n) is 13.8. The Hall–Kier alpha value is -1.84. The predicted molar refractivity (Wildman–Crippen MR) is 95.8 cm³/mol. The van der Waals surface area contributed by atoms with Crippen molar-refractivity contribution in [1.82, 2.24) is 10.2 Å². The van der Waals surface area contributed by atoms with Gasteiger partial charge in [0.1, 0.15) is 5.75 Å². The molecule has 0 spiro atoms. The predicted octanol–water partition coefficient (Wildman–Crippen LogP) is 3.29. The highest BCUT2D eigenvalue weighted by Crippen LogP contribution is 2.32. The van der Waals surface area contributed by atoms with Gasteiger partial charge in [0, 0.05) is 31.2 Å². The molecule has 2 N–H and O–H groups in total. The zero-order valence-corrected chi connectivity index (χ0v) is 13.8. The second-order valence-corrected chi connectivity index (χ2v) is 6.37. The molecule has 1 atom stereocenters. The fourth-order valence-electron chi connectivity index (χ4n) is 3.33. The average molecular weight is 310 g/mol. The van der Waals surface area contributed by atoms with Crippen LogP contribution in [0.15, 0.2) is 48.5 Å². The summed E-state index contributed by atoms with van der Waals surface area (Å²) in [6, 6.07) is 16.8. The third-order valence-corrected chi connectivity index (χ3v) is 4.73. The summed E-state index contributed by atoms with van der Waals surface area (Å²) in [7, 11) is 0. The smallest absolute Gasteiger partial charge is 0.126 e. The summed E-state index contributed by atoms with van der Waals surface area (Å²) in [6.45, 7) is 6.66. The molecule has 0 aromatic heterocycles. The van der Waals surface area contributed by atoms with E-state index in [4.69, 9.17) is 0 Å². The third-order valence-electron chi connectivity index (χ3n) is 4.73. The van der Waals surface area contributed by atoms with Gasteiger partial charge >= 0.3 is 0 Å². The summed E-state index contributed by atoms with van der Waals surface area (Å²) in [5, 5.41) is 14.0. The summed E-state index contributed by atoms with van der Waals surface area (Å²) in [4.78, 5) is 2.54. The van der Waals surface area contributed by atoms with Crippen molar-refractivity contribution in [2.24, 2.45) is 0 Å². The second-order valence-electron chi connectivity index (χ2n) is 6.37. The lowest BCUT2D eigenvalue weighted by molar-refractivity contribution is 0.172. The minimum absolute atomic E-state index is 0.437. The minimum Gasteiger partial charge on any atom is -0.507 e. The maximum atomic E-state index is 10.6. The molecule has 0 radical (unpaired) electrons. The monoisotopic (exact) mass is 310 g/mol. The Morgan fingerprint density at radius 3 is 2.74 bits per heavy atom. The van der Waals surface area contributed by atoms with Crippen LogP contribution < -0.4 is 5.32 Å². The first kappa shape index (κ1) is 16.0. The first-order chi connectivity index (χ1) is 11.3. The Labute approximate surface area is 139 Å². The van der Waals surface area contributed by atoms with Crippen LogP contribution in [0, 0.1) is 0 Å². The highest BCUT2D eigenvalue weighted by atomic mass is 16.3. The Bertz CT molecular complexity index is 627. The maximum absolute atomic E-state index is 10.6. The third kappa shape index (κ3) is 3.92. The summed E-state index contributed by atoms with van der Waals surface area (Å²) < 4.78 is 0. The largest absolute Gasteiger partial charge is 0.507 e. The first-order valence-corrected chi connectivity index (χ1v) is 8.57. The van der Waals surface area contributed by atoms with Crippen LogP contribution in [0.25, 0.3) is 11.1 Å². The topological polar surface area (TPSA) is 35.5 Å². The van der Waals surface area contributed by atoms with Crippen molar-refractivity contribution >= 4 is 0 Å². The van der Waals surface area contributed by atoms with E-state index >= 15 is 0 Å². The summed E-state index contributed by atoms with van der Waals surface area (Å²) in [6.07, 6.45) is 2.00. The average Bonchev–Trinajstić information content (AvgIpc) is 2.59. The lowest BCUT2D eigenvalue weighted by Crippen LogP contribution is -2.49. The number of piperazine rings is 1. The van der Waals surface area contributed by atoms with E-state index in [0.29, 0.717) is 11.8 Å². The molecule has 3 heteroatoms. The van der Waals surface area contributed by atoms with Gasteiger partial charge in [-0.05, 0) is 37.4 Å². The van der Waals surface area contributed by atoms with Crippen molar-refractivity contribution in [3.05, 3.63) is 54.1 Å². The van der Waals surface area contributed by atoms with Gasteiger partial charge in [-0.2, -0.15) is 0 Å². The van der Waals surface area contributed by atoms with Crippen molar-refractivity contribution in [3.63, 3.8) is 0 Å². The van der Waals surface area contributed by atoms with E-state index in [-0.39, 0.29) is 0 Å². The summed E-state index contributed by atoms with van der Waals surface area (Å²) >= 11 is 0. The molecule has 1 fully saturated rings. The molecule has 1 aliphatic rings. The van der Waals surface area contributed by atoms with E-state index in [0.717, 1.165) is 55.7 Å². The Morgan fingerprint density at radius 2 is 1.96 bits per heavy atom. The first-order valence-electron chi connectivity index (χ1n) is 8.57. The highest BCUT2D eigenvalue weighted by Gasteiger charge is 2.17. The van der Waals surface area contributed by atoms with E-state index in [1.807, 2.05) is 48.5 Å². The van der Waals surface area contributed by atoms with Gasteiger partial charge in [0.05, 0.1) is 0 Å². The normalized spacial score (nSPS) is 18.9. The van der Waals surface area contributed by atoms with Crippen LogP contribution in [0.4, 0.5) is 0 Å². The van der Waals surface area contributed by atoms with Gasteiger partial charge in [0.2, 0.25) is 0 Å². The standard InChI is InChI=1S/C20H26N2O/c1-16-15-21-12-14-22(16)13-6-10-18-9-5-11-19(20(18)23)17-7-3-2-4-8-17/h2-5,7-9,11,16,21,23H,6,10,12-15H2,1H3. The van der Waals surface area contributed by atoms with Crippen LogP contribution in [0.2, 0.25) is 0 Å². The highest BCUT2D eigenvalue weighted by molar-refractivity contribution is 5.71. The van der Waals surface area contributed by atoms with Crippen LogP contribution in [-0.4, -0.2) is 42.2 Å². The number of hydrogen-bond acceptors (Lipinski definition) is 3. The molecule has 2 aromatic rings. The number of aryl methyl sites for hydroxylation is 1. The van der Waals surface area contributed by atoms with Crippen molar-refractivity contribution in [2.45, 2.75) is 25.8 Å². The number of benzene rings is 2. The van der Waals surface area contributed by atoms with E-state index in [1.54, 1.807) is 0 Å². The molecule has 1 saturated heterocycles. The van der Waals surface area contributed by atoms with E-state index in [9.17, 15) is 5.11 Å². The number of nitrogens with one attached hydrogen (secondary N) is 1. The number of phenols is 1. The number of phenolic OH excluding ortho intramolecular Hbond substituents is 1. The Balaban J connectivity index is 1.64. The number of para-hydroxylation sites is 1. The molecule has 3 rings (SSSR count). The summed E-state index contributed by atoms with van der Waals surface area (Å²) in [5.74, 6) is 0.437. The van der Waals surface area contributed by atoms with E-state index < -0.39 is 0 Å². The number of hydrogen-bond donors (Lipinski definition) is 2. The molecule has 0 amide bonds. The summed E-state index contributed by atoms with van der Waals surface area (Å²) in [5.41, 5.74) is 3.05. The molecule has 3 nitrogen and oxygen atoms in total. The fourth-order valence-corrected chi connectivity index (χ4v) is 3.33. The molecule has 2 aromatic carbocycles. The van der Waals surface area contributed by atoms with E-state index in [2.05, 4.69) is 17.1 Å². The lowest BCUT2D eigenvalue weighted by atomic mass is 9.99. The number of aromatic hydroxyl groups is 1. The molecule has 0 bridgehead atoms. The molecule has 122 valence electrons. The van der Waals surface area contributed by atoms with Gasteiger partial charge < -0.3 is 10.4 Å². The van der Waals surface area contributed by atoms with Crippen molar-refractivity contribution < 1.29 is 5.11 Å². The van der Waals surface area contributed by atoms with Gasteiger partial charge in [0.25, 0.3) is 0 Å². The van der Waals surface area contributed by atoms with Crippen LogP contribution >= 0.6 is 0 Å².